The van der Waals surface area contributed by atoms with E-state index in [-0.39, 0.29) is 5.91 Å². The number of benzene rings is 3. The zero-order valence-corrected chi connectivity index (χ0v) is 11.0. The molecule has 0 bridgehead atoms. The molecule has 98 valence electrons. The van der Waals surface area contributed by atoms with E-state index in [1.807, 2.05) is 54.6 Å². The van der Waals surface area contributed by atoms with Crippen LogP contribution in [0, 0.1) is 0 Å². The quantitative estimate of drug-likeness (QED) is 0.770. The van der Waals surface area contributed by atoms with Gasteiger partial charge in [-0.25, -0.2) is 0 Å². The van der Waals surface area contributed by atoms with Crippen molar-refractivity contribution in [2.24, 2.45) is 5.73 Å². The minimum absolute atomic E-state index is 0.368. The van der Waals surface area contributed by atoms with Gasteiger partial charge in [0.25, 0.3) is 0 Å². The predicted octanol–water partition coefficient (Wildman–Crippen LogP) is 3.53. The first-order valence-electron chi connectivity index (χ1n) is 6.60. The smallest absolute Gasteiger partial charge is 0.249 e. The average Bonchev–Trinajstić information content (AvgIpc) is 2.47. The van der Waals surface area contributed by atoms with Gasteiger partial charge >= 0.3 is 0 Å². The van der Waals surface area contributed by atoms with Gasteiger partial charge in [-0.15, -0.1) is 0 Å². The number of nitrogens with two attached hydrogens (primary N) is 1. The highest BCUT2D eigenvalue weighted by Crippen LogP contribution is 2.24. The third-order valence-corrected chi connectivity index (χ3v) is 3.50. The summed E-state index contributed by atoms with van der Waals surface area (Å²) >= 11 is 0. The van der Waals surface area contributed by atoms with Crippen molar-refractivity contribution < 1.29 is 4.79 Å². The number of fused-ring (bicyclic) bond motifs is 1. The summed E-state index contributed by atoms with van der Waals surface area (Å²) in [5.41, 5.74) is 8.37. The van der Waals surface area contributed by atoms with Crippen molar-refractivity contribution in [3.63, 3.8) is 0 Å². The third kappa shape index (κ3) is 2.28. The highest BCUT2D eigenvalue weighted by atomic mass is 16.1. The fourth-order valence-corrected chi connectivity index (χ4v) is 2.57. The van der Waals surface area contributed by atoms with Crippen LogP contribution in [-0.2, 0) is 6.42 Å². The molecule has 3 rings (SSSR count). The van der Waals surface area contributed by atoms with Crippen molar-refractivity contribution in [3.05, 3.63) is 83.4 Å². The fourth-order valence-electron chi connectivity index (χ4n) is 2.57. The summed E-state index contributed by atoms with van der Waals surface area (Å²) < 4.78 is 0. The zero-order chi connectivity index (χ0) is 13.9. The lowest BCUT2D eigenvalue weighted by atomic mass is 9.94. The number of carbonyl (C=O) groups is 1. The van der Waals surface area contributed by atoms with Gasteiger partial charge < -0.3 is 5.73 Å². The lowest BCUT2D eigenvalue weighted by Gasteiger charge is -2.10. The fraction of sp³-hybridized carbons (Fsp3) is 0.0556. The van der Waals surface area contributed by atoms with E-state index in [0.717, 1.165) is 16.3 Å². The molecule has 0 aliphatic rings. The number of hydrogen-bond acceptors (Lipinski definition) is 1. The van der Waals surface area contributed by atoms with Crippen LogP contribution < -0.4 is 5.73 Å². The molecule has 0 fully saturated rings. The molecule has 0 radical (unpaired) electrons. The number of hydrogen-bond donors (Lipinski definition) is 1. The largest absolute Gasteiger partial charge is 0.366 e. The van der Waals surface area contributed by atoms with Gasteiger partial charge in [0.05, 0.1) is 5.56 Å². The van der Waals surface area contributed by atoms with Gasteiger partial charge in [0, 0.05) is 0 Å². The van der Waals surface area contributed by atoms with Crippen molar-refractivity contribution in [2.45, 2.75) is 6.42 Å². The molecule has 0 heterocycles. The Morgan fingerprint density at radius 2 is 1.55 bits per heavy atom. The van der Waals surface area contributed by atoms with Crippen LogP contribution in [0.3, 0.4) is 0 Å². The summed E-state index contributed by atoms with van der Waals surface area (Å²) in [4.78, 5) is 11.8. The number of primary amides is 1. The van der Waals surface area contributed by atoms with Gasteiger partial charge in [0.15, 0.2) is 0 Å². The summed E-state index contributed by atoms with van der Waals surface area (Å²) in [7, 11) is 0. The number of amides is 1. The lowest BCUT2D eigenvalue weighted by molar-refractivity contribution is 0.100. The second-order valence-electron chi connectivity index (χ2n) is 4.85. The Morgan fingerprint density at radius 1 is 0.850 bits per heavy atom. The summed E-state index contributed by atoms with van der Waals surface area (Å²) in [6.07, 6.45) is 0.712. The Kier molecular flexibility index (Phi) is 3.21. The second-order valence-corrected chi connectivity index (χ2v) is 4.85. The standard InChI is InChI=1S/C18H15NO/c19-18(20)17-15(12-13-6-2-1-3-7-13)11-10-14-8-4-5-9-16(14)17/h1-11H,12H2,(H2,19,20). The maximum atomic E-state index is 11.8. The number of rotatable bonds is 3. The minimum atomic E-state index is -0.368. The first-order valence-corrected chi connectivity index (χ1v) is 6.60. The van der Waals surface area contributed by atoms with Gasteiger partial charge in [0.1, 0.15) is 0 Å². The minimum Gasteiger partial charge on any atom is -0.366 e. The molecule has 3 aromatic rings. The normalized spacial score (nSPS) is 10.6. The zero-order valence-electron chi connectivity index (χ0n) is 11.0. The van der Waals surface area contributed by atoms with Crippen molar-refractivity contribution in [1.29, 1.82) is 0 Å². The maximum absolute atomic E-state index is 11.8. The van der Waals surface area contributed by atoms with Crippen LogP contribution in [0.25, 0.3) is 10.8 Å². The van der Waals surface area contributed by atoms with Crippen LogP contribution in [0.1, 0.15) is 21.5 Å². The van der Waals surface area contributed by atoms with Crippen molar-refractivity contribution >= 4 is 16.7 Å². The molecule has 0 spiro atoms. The van der Waals surface area contributed by atoms with Gasteiger partial charge in [-0.2, -0.15) is 0 Å². The van der Waals surface area contributed by atoms with Crippen molar-refractivity contribution in [1.82, 2.24) is 0 Å². The Morgan fingerprint density at radius 3 is 2.30 bits per heavy atom. The molecule has 3 aromatic carbocycles. The molecule has 2 heteroatoms. The molecule has 2 N–H and O–H groups in total. The van der Waals surface area contributed by atoms with E-state index >= 15 is 0 Å². The molecule has 0 atom stereocenters. The van der Waals surface area contributed by atoms with Crippen LogP contribution >= 0.6 is 0 Å². The highest BCUT2D eigenvalue weighted by molar-refractivity contribution is 6.07. The monoisotopic (exact) mass is 261 g/mol. The summed E-state index contributed by atoms with van der Waals surface area (Å²) in [5.74, 6) is -0.368. The van der Waals surface area contributed by atoms with E-state index < -0.39 is 0 Å². The van der Waals surface area contributed by atoms with Gasteiger partial charge in [-0.3, -0.25) is 4.79 Å². The van der Waals surface area contributed by atoms with E-state index in [9.17, 15) is 4.79 Å². The van der Waals surface area contributed by atoms with Crippen LogP contribution in [0.15, 0.2) is 66.7 Å². The predicted molar refractivity (Wildman–Crippen MR) is 81.7 cm³/mol. The van der Waals surface area contributed by atoms with Crippen molar-refractivity contribution in [2.75, 3.05) is 0 Å². The van der Waals surface area contributed by atoms with Gasteiger partial charge in [0.2, 0.25) is 5.91 Å². The lowest BCUT2D eigenvalue weighted by Crippen LogP contribution is -2.14. The number of carbonyl (C=O) groups excluding carboxylic acids is 1. The molecule has 0 saturated heterocycles. The Labute approximate surface area is 117 Å². The summed E-state index contributed by atoms with van der Waals surface area (Å²) in [5, 5.41) is 1.96. The average molecular weight is 261 g/mol. The molecule has 2 nitrogen and oxygen atoms in total. The molecule has 0 aliphatic carbocycles. The molecule has 1 amide bonds. The van der Waals surface area contributed by atoms with E-state index in [0.29, 0.717) is 12.0 Å². The maximum Gasteiger partial charge on any atom is 0.249 e. The molecular weight excluding hydrogens is 246 g/mol. The van der Waals surface area contributed by atoms with Gasteiger partial charge in [-0.05, 0) is 28.3 Å². The first kappa shape index (κ1) is 12.4. The highest BCUT2D eigenvalue weighted by Gasteiger charge is 2.12. The van der Waals surface area contributed by atoms with E-state index in [1.165, 1.54) is 5.56 Å². The van der Waals surface area contributed by atoms with E-state index in [1.54, 1.807) is 0 Å². The van der Waals surface area contributed by atoms with Crippen LogP contribution in [0.5, 0.6) is 0 Å². The molecule has 0 unspecified atom stereocenters. The molecule has 0 aliphatic heterocycles. The summed E-state index contributed by atoms with van der Waals surface area (Å²) in [6, 6.07) is 22.0. The van der Waals surface area contributed by atoms with E-state index in [2.05, 4.69) is 12.1 Å². The van der Waals surface area contributed by atoms with Crippen LogP contribution in [0.2, 0.25) is 0 Å². The Hall–Kier alpha value is -2.61. The van der Waals surface area contributed by atoms with E-state index in [4.69, 9.17) is 5.73 Å². The molecule has 20 heavy (non-hydrogen) atoms. The second kappa shape index (κ2) is 5.17. The SMILES string of the molecule is NC(=O)c1c(Cc2ccccc2)ccc2ccccc12. The summed E-state index contributed by atoms with van der Waals surface area (Å²) in [6.45, 7) is 0. The first-order chi connectivity index (χ1) is 9.75. The van der Waals surface area contributed by atoms with Gasteiger partial charge in [-0.1, -0.05) is 66.7 Å². The Balaban J connectivity index is 2.15. The van der Waals surface area contributed by atoms with Crippen molar-refractivity contribution in [3.8, 4) is 0 Å². The molecule has 0 aromatic heterocycles. The topological polar surface area (TPSA) is 43.1 Å². The third-order valence-electron chi connectivity index (χ3n) is 3.50. The Bertz CT molecular complexity index is 763. The molecule has 0 saturated carbocycles. The van der Waals surface area contributed by atoms with Crippen LogP contribution in [0.4, 0.5) is 0 Å². The van der Waals surface area contributed by atoms with Crippen LogP contribution in [-0.4, -0.2) is 5.91 Å². The molecular formula is C18H15NO.